The minimum absolute atomic E-state index is 0.171. The first-order chi connectivity index (χ1) is 9.28. The van der Waals surface area contributed by atoms with Crippen LogP contribution in [-0.4, -0.2) is 39.5 Å². The van der Waals surface area contributed by atoms with E-state index in [1.807, 2.05) is 0 Å². The van der Waals surface area contributed by atoms with Crippen LogP contribution in [0.1, 0.15) is 65.2 Å². The van der Waals surface area contributed by atoms with Crippen LogP contribution in [0.4, 0.5) is 0 Å². The number of unbranched alkanes of at least 4 members (excludes halogenated alkanes) is 4. The van der Waals surface area contributed by atoms with Crippen molar-refractivity contribution in [3.8, 4) is 0 Å². The van der Waals surface area contributed by atoms with Crippen molar-refractivity contribution in [1.29, 1.82) is 0 Å². The van der Waals surface area contributed by atoms with E-state index >= 15 is 0 Å². The van der Waals surface area contributed by atoms with Crippen LogP contribution in [0.25, 0.3) is 0 Å². The van der Waals surface area contributed by atoms with Crippen LogP contribution >= 0.6 is 0 Å². The standard InChI is InChI=1S/C16H35NO2/c1-5-7-9-11-15(12-10-8-6-2)17-13-16(19-4)14-18-3/h15-17H,5-14H2,1-4H3. The zero-order valence-corrected chi connectivity index (χ0v) is 13.5. The number of hydrogen-bond acceptors (Lipinski definition) is 3. The summed E-state index contributed by atoms with van der Waals surface area (Å²) in [5.74, 6) is 0. The van der Waals surface area contributed by atoms with Crippen molar-refractivity contribution in [3.05, 3.63) is 0 Å². The summed E-state index contributed by atoms with van der Waals surface area (Å²) in [4.78, 5) is 0. The van der Waals surface area contributed by atoms with E-state index in [4.69, 9.17) is 9.47 Å². The Morgan fingerprint density at radius 1 is 0.895 bits per heavy atom. The Hall–Kier alpha value is -0.120. The van der Waals surface area contributed by atoms with E-state index < -0.39 is 0 Å². The predicted octanol–water partition coefficient (Wildman–Crippen LogP) is 3.77. The molecule has 19 heavy (non-hydrogen) atoms. The van der Waals surface area contributed by atoms with Gasteiger partial charge in [0, 0.05) is 26.8 Å². The Morgan fingerprint density at radius 3 is 1.89 bits per heavy atom. The minimum atomic E-state index is 0.171. The van der Waals surface area contributed by atoms with Crippen LogP contribution in [0.15, 0.2) is 0 Å². The van der Waals surface area contributed by atoms with E-state index in [2.05, 4.69) is 19.2 Å². The van der Waals surface area contributed by atoms with Crippen molar-refractivity contribution in [3.63, 3.8) is 0 Å². The molecule has 0 aromatic heterocycles. The van der Waals surface area contributed by atoms with Crippen molar-refractivity contribution in [1.82, 2.24) is 5.32 Å². The summed E-state index contributed by atoms with van der Waals surface area (Å²) in [6.45, 7) is 6.09. The molecular formula is C16H35NO2. The molecule has 0 spiro atoms. The topological polar surface area (TPSA) is 30.5 Å². The maximum Gasteiger partial charge on any atom is 0.0928 e. The Bertz CT molecular complexity index is 166. The first-order valence-corrected chi connectivity index (χ1v) is 8.03. The van der Waals surface area contributed by atoms with Gasteiger partial charge in [-0.15, -0.1) is 0 Å². The van der Waals surface area contributed by atoms with Gasteiger partial charge in [-0.3, -0.25) is 0 Å². The molecule has 0 aliphatic heterocycles. The summed E-state index contributed by atoms with van der Waals surface area (Å²) < 4.78 is 10.6. The van der Waals surface area contributed by atoms with Crippen molar-refractivity contribution in [2.45, 2.75) is 77.4 Å². The highest BCUT2D eigenvalue weighted by molar-refractivity contribution is 4.70. The quantitative estimate of drug-likeness (QED) is 0.489. The van der Waals surface area contributed by atoms with E-state index in [0.717, 1.165) is 6.54 Å². The first kappa shape index (κ1) is 18.9. The molecule has 0 radical (unpaired) electrons. The third kappa shape index (κ3) is 11.4. The highest BCUT2D eigenvalue weighted by Gasteiger charge is 2.12. The molecule has 1 N–H and O–H groups in total. The third-order valence-corrected chi connectivity index (χ3v) is 3.63. The lowest BCUT2D eigenvalue weighted by atomic mass is 10.0. The monoisotopic (exact) mass is 273 g/mol. The Kier molecular flexibility index (Phi) is 14.2. The van der Waals surface area contributed by atoms with Gasteiger partial charge in [0.2, 0.25) is 0 Å². The molecule has 0 heterocycles. The lowest BCUT2D eigenvalue weighted by Gasteiger charge is -2.22. The first-order valence-electron chi connectivity index (χ1n) is 8.03. The summed E-state index contributed by atoms with van der Waals surface area (Å²) in [6, 6.07) is 0.646. The molecule has 3 heteroatoms. The minimum Gasteiger partial charge on any atom is -0.382 e. The van der Waals surface area contributed by atoms with Gasteiger partial charge < -0.3 is 14.8 Å². The van der Waals surface area contributed by atoms with Crippen LogP contribution < -0.4 is 5.32 Å². The third-order valence-electron chi connectivity index (χ3n) is 3.63. The summed E-state index contributed by atoms with van der Waals surface area (Å²) in [7, 11) is 3.49. The summed E-state index contributed by atoms with van der Waals surface area (Å²) >= 11 is 0. The second-order valence-electron chi connectivity index (χ2n) is 5.41. The molecule has 0 amide bonds. The van der Waals surface area contributed by atoms with Crippen LogP contribution in [-0.2, 0) is 9.47 Å². The van der Waals surface area contributed by atoms with Crippen molar-refractivity contribution >= 4 is 0 Å². The molecule has 0 aromatic carbocycles. The van der Waals surface area contributed by atoms with Crippen LogP contribution in [0.2, 0.25) is 0 Å². The molecule has 116 valence electrons. The van der Waals surface area contributed by atoms with Crippen LogP contribution in [0, 0.1) is 0 Å². The molecule has 0 bridgehead atoms. The molecule has 0 aliphatic rings. The molecule has 3 nitrogen and oxygen atoms in total. The molecular weight excluding hydrogens is 238 g/mol. The van der Waals surface area contributed by atoms with E-state index in [1.165, 1.54) is 51.4 Å². The SMILES string of the molecule is CCCCCC(CCCCC)NCC(COC)OC. The average Bonchev–Trinajstić information content (AvgIpc) is 2.43. The fourth-order valence-corrected chi connectivity index (χ4v) is 2.32. The molecule has 0 aromatic rings. The molecule has 1 unspecified atom stereocenters. The zero-order valence-electron chi connectivity index (χ0n) is 13.5. The summed E-state index contributed by atoms with van der Waals surface area (Å²) in [5, 5.41) is 3.67. The number of hydrogen-bond donors (Lipinski definition) is 1. The fourth-order valence-electron chi connectivity index (χ4n) is 2.32. The Labute approximate surface area is 120 Å². The zero-order chi connectivity index (χ0) is 14.3. The van der Waals surface area contributed by atoms with Crippen LogP contribution in [0.5, 0.6) is 0 Å². The Balaban J connectivity index is 3.93. The maximum absolute atomic E-state index is 5.40. The molecule has 0 saturated heterocycles. The predicted molar refractivity (Wildman–Crippen MR) is 82.7 cm³/mol. The number of ether oxygens (including phenoxy) is 2. The second kappa shape index (κ2) is 14.3. The lowest BCUT2D eigenvalue weighted by molar-refractivity contribution is 0.0269. The van der Waals surface area contributed by atoms with Gasteiger partial charge >= 0.3 is 0 Å². The van der Waals surface area contributed by atoms with Crippen LogP contribution in [0.3, 0.4) is 0 Å². The largest absolute Gasteiger partial charge is 0.382 e. The van der Waals surface area contributed by atoms with Crippen molar-refractivity contribution < 1.29 is 9.47 Å². The van der Waals surface area contributed by atoms with Gasteiger partial charge in [0.1, 0.15) is 0 Å². The van der Waals surface area contributed by atoms with Gasteiger partial charge in [0.05, 0.1) is 12.7 Å². The fraction of sp³-hybridized carbons (Fsp3) is 1.00. The van der Waals surface area contributed by atoms with E-state index in [9.17, 15) is 0 Å². The number of rotatable bonds is 14. The maximum atomic E-state index is 5.40. The van der Waals surface area contributed by atoms with Crippen molar-refractivity contribution in [2.24, 2.45) is 0 Å². The van der Waals surface area contributed by atoms with Gasteiger partial charge in [0.25, 0.3) is 0 Å². The summed E-state index contributed by atoms with van der Waals surface area (Å²) in [5.41, 5.74) is 0. The lowest BCUT2D eigenvalue weighted by Crippen LogP contribution is -2.38. The highest BCUT2D eigenvalue weighted by Crippen LogP contribution is 2.11. The molecule has 0 fully saturated rings. The second-order valence-corrected chi connectivity index (χ2v) is 5.41. The van der Waals surface area contributed by atoms with E-state index in [0.29, 0.717) is 12.6 Å². The summed E-state index contributed by atoms with van der Waals surface area (Å²) in [6.07, 6.45) is 10.7. The van der Waals surface area contributed by atoms with Gasteiger partial charge in [-0.2, -0.15) is 0 Å². The molecule has 0 saturated carbocycles. The van der Waals surface area contributed by atoms with E-state index in [-0.39, 0.29) is 6.10 Å². The van der Waals surface area contributed by atoms with Gasteiger partial charge in [-0.05, 0) is 12.8 Å². The Morgan fingerprint density at radius 2 is 1.47 bits per heavy atom. The van der Waals surface area contributed by atoms with E-state index in [1.54, 1.807) is 14.2 Å². The highest BCUT2D eigenvalue weighted by atomic mass is 16.5. The van der Waals surface area contributed by atoms with Crippen molar-refractivity contribution in [2.75, 3.05) is 27.4 Å². The molecule has 0 aliphatic carbocycles. The van der Waals surface area contributed by atoms with Gasteiger partial charge in [0.15, 0.2) is 0 Å². The number of nitrogens with one attached hydrogen (secondary N) is 1. The van der Waals surface area contributed by atoms with Gasteiger partial charge in [-0.1, -0.05) is 52.4 Å². The molecule has 0 rings (SSSR count). The number of methoxy groups -OCH3 is 2. The average molecular weight is 273 g/mol. The normalized spacial score (nSPS) is 13.1. The van der Waals surface area contributed by atoms with Gasteiger partial charge in [-0.25, -0.2) is 0 Å². The molecule has 1 atom stereocenters. The smallest absolute Gasteiger partial charge is 0.0928 e.